The lowest BCUT2D eigenvalue weighted by Gasteiger charge is -2.56. The van der Waals surface area contributed by atoms with E-state index in [0.29, 0.717) is 5.92 Å². The molecule has 0 heterocycles. The molecule has 0 aromatic carbocycles. The highest BCUT2D eigenvalue weighted by Gasteiger charge is 2.62. The van der Waals surface area contributed by atoms with Crippen LogP contribution in [-0.2, 0) is 4.84 Å². The summed E-state index contributed by atoms with van der Waals surface area (Å²) in [4.78, 5) is 5.01. The van der Waals surface area contributed by atoms with Crippen LogP contribution >= 0.6 is 0 Å². The second-order valence-electron chi connectivity index (χ2n) is 9.02. The van der Waals surface area contributed by atoms with Crippen LogP contribution in [0.1, 0.15) is 64.7 Å². The van der Waals surface area contributed by atoms with Crippen LogP contribution < -0.4 is 0 Å². The number of hydrogen-bond acceptors (Lipinski definition) is 3. The second-order valence-corrected chi connectivity index (χ2v) is 9.02. The highest BCUT2D eigenvalue weighted by Crippen LogP contribution is 2.65. The molecule has 0 saturated heterocycles. The summed E-state index contributed by atoms with van der Waals surface area (Å²) in [5.41, 5.74) is 0.331. The Morgan fingerprint density at radius 3 is 2.71 bits per heavy atom. The average Bonchev–Trinajstić information content (AvgIpc) is 2.87. The zero-order chi connectivity index (χ0) is 16.9. The van der Waals surface area contributed by atoms with E-state index in [1.54, 1.807) is 7.11 Å². The van der Waals surface area contributed by atoms with E-state index in [0.717, 1.165) is 55.8 Å². The van der Waals surface area contributed by atoms with Crippen molar-refractivity contribution in [2.75, 3.05) is 7.11 Å². The molecule has 7 atom stereocenters. The van der Waals surface area contributed by atoms with Crippen LogP contribution in [0.25, 0.3) is 0 Å². The number of nitrogens with zero attached hydrogens (tertiary/aromatic N) is 1. The van der Waals surface area contributed by atoms with Gasteiger partial charge in [0.05, 0.1) is 5.71 Å². The van der Waals surface area contributed by atoms with Crippen molar-refractivity contribution in [2.24, 2.45) is 40.2 Å². The van der Waals surface area contributed by atoms with Crippen LogP contribution in [0.3, 0.4) is 0 Å². The van der Waals surface area contributed by atoms with Gasteiger partial charge in [0, 0.05) is 5.41 Å². The molecule has 4 saturated carbocycles. The summed E-state index contributed by atoms with van der Waals surface area (Å²) in [7, 11) is 1.66. The van der Waals surface area contributed by atoms with Crippen molar-refractivity contribution in [1.82, 2.24) is 0 Å². The number of rotatable bonds is 1. The van der Waals surface area contributed by atoms with Crippen molar-refractivity contribution in [3.8, 4) is 12.3 Å². The van der Waals surface area contributed by atoms with Crippen molar-refractivity contribution in [3.63, 3.8) is 0 Å². The summed E-state index contributed by atoms with van der Waals surface area (Å²) in [6.45, 7) is 2.27. The topological polar surface area (TPSA) is 41.8 Å². The van der Waals surface area contributed by atoms with Crippen LogP contribution in [0.5, 0.6) is 0 Å². The van der Waals surface area contributed by atoms with E-state index in [1.165, 1.54) is 31.4 Å². The van der Waals surface area contributed by atoms with Gasteiger partial charge in [-0.3, -0.25) is 0 Å². The third kappa shape index (κ3) is 2.18. The van der Waals surface area contributed by atoms with Gasteiger partial charge in [-0.2, -0.15) is 0 Å². The van der Waals surface area contributed by atoms with E-state index in [-0.39, 0.29) is 5.41 Å². The molecule has 4 aliphatic carbocycles. The van der Waals surface area contributed by atoms with Gasteiger partial charge in [0.25, 0.3) is 0 Å². The van der Waals surface area contributed by atoms with E-state index >= 15 is 0 Å². The summed E-state index contributed by atoms with van der Waals surface area (Å²) in [5, 5.41) is 15.2. The molecule has 0 aliphatic heterocycles. The minimum atomic E-state index is -0.871. The third-order valence-corrected chi connectivity index (χ3v) is 8.39. The molecule has 4 rings (SSSR count). The number of fused-ring (bicyclic) bond motifs is 5. The molecule has 4 aliphatic rings. The molecule has 0 bridgehead atoms. The molecule has 24 heavy (non-hydrogen) atoms. The molecule has 0 radical (unpaired) electrons. The number of hydrogen-bond donors (Lipinski definition) is 1. The van der Waals surface area contributed by atoms with E-state index in [2.05, 4.69) is 18.0 Å². The van der Waals surface area contributed by atoms with Gasteiger partial charge in [-0.1, -0.05) is 18.0 Å². The zero-order valence-corrected chi connectivity index (χ0v) is 15.1. The molecular formula is C21H31NO2. The molecule has 1 N–H and O–H groups in total. The molecule has 4 fully saturated rings. The summed E-state index contributed by atoms with van der Waals surface area (Å²) < 4.78 is 0. The Bertz CT molecular complexity index is 579. The van der Waals surface area contributed by atoms with Crippen LogP contribution in [0.15, 0.2) is 5.16 Å². The van der Waals surface area contributed by atoms with Crippen LogP contribution in [-0.4, -0.2) is 23.5 Å². The van der Waals surface area contributed by atoms with Crippen molar-refractivity contribution in [1.29, 1.82) is 0 Å². The fourth-order valence-electron chi connectivity index (χ4n) is 7.14. The molecule has 3 nitrogen and oxygen atoms in total. The maximum atomic E-state index is 11.0. The zero-order valence-electron chi connectivity index (χ0n) is 15.1. The SMILES string of the molecule is C#C[C@]1(O)CC[C@H]2[C@@H]3CC[C@H]4C/C(=N/OC)CC[C@@H]4[C@H]3CC[C@@]21C. The highest BCUT2D eigenvalue weighted by molar-refractivity contribution is 5.85. The highest BCUT2D eigenvalue weighted by atomic mass is 16.6. The Balaban J connectivity index is 1.55. The first-order valence-corrected chi connectivity index (χ1v) is 9.81. The molecule has 3 heteroatoms. The first-order chi connectivity index (χ1) is 11.5. The van der Waals surface area contributed by atoms with E-state index in [4.69, 9.17) is 11.3 Å². The Morgan fingerprint density at radius 1 is 1.12 bits per heavy atom. The standard InChI is InChI=1S/C21H31NO2/c1-4-21(23)12-10-19-18-7-5-14-13-15(22-24-3)6-8-16(14)17(18)9-11-20(19,21)2/h1,14,16-19,23H,5-13H2,2-3H3/b22-15+/t14-,16-,17+,18+,19-,20-,21-/m0/s1. The van der Waals surface area contributed by atoms with Crippen molar-refractivity contribution in [2.45, 2.75) is 70.3 Å². The van der Waals surface area contributed by atoms with Gasteiger partial charge in [0.1, 0.15) is 12.7 Å². The van der Waals surface area contributed by atoms with Crippen molar-refractivity contribution < 1.29 is 9.94 Å². The Morgan fingerprint density at radius 2 is 1.96 bits per heavy atom. The van der Waals surface area contributed by atoms with Gasteiger partial charge in [0.15, 0.2) is 0 Å². The summed E-state index contributed by atoms with van der Waals surface area (Å²) in [6.07, 6.45) is 16.2. The maximum Gasteiger partial charge on any atom is 0.130 e. The minimum absolute atomic E-state index is 0.0624. The van der Waals surface area contributed by atoms with Crippen molar-refractivity contribution in [3.05, 3.63) is 0 Å². The van der Waals surface area contributed by atoms with Crippen LogP contribution in [0, 0.1) is 47.3 Å². The Kier molecular flexibility index (Phi) is 3.95. The van der Waals surface area contributed by atoms with Gasteiger partial charge < -0.3 is 9.94 Å². The quantitative estimate of drug-likeness (QED) is 0.583. The van der Waals surface area contributed by atoms with Gasteiger partial charge in [-0.25, -0.2) is 0 Å². The second kappa shape index (κ2) is 5.77. The van der Waals surface area contributed by atoms with Crippen LogP contribution in [0.4, 0.5) is 0 Å². The van der Waals surface area contributed by atoms with E-state index < -0.39 is 5.60 Å². The average molecular weight is 329 g/mol. The van der Waals surface area contributed by atoms with E-state index in [9.17, 15) is 5.11 Å². The van der Waals surface area contributed by atoms with Gasteiger partial charge in [-0.05, 0) is 87.4 Å². The molecule has 0 spiro atoms. The first kappa shape index (κ1) is 16.5. The third-order valence-electron chi connectivity index (χ3n) is 8.39. The summed E-state index contributed by atoms with van der Waals surface area (Å²) >= 11 is 0. The van der Waals surface area contributed by atoms with Gasteiger partial charge in [0.2, 0.25) is 0 Å². The summed E-state index contributed by atoms with van der Waals surface area (Å²) in [5.74, 6) is 6.65. The number of oxime groups is 1. The normalized spacial score (nSPS) is 52.1. The predicted molar refractivity (Wildman–Crippen MR) is 95.3 cm³/mol. The van der Waals surface area contributed by atoms with Gasteiger partial charge in [-0.15, -0.1) is 6.42 Å². The molecule has 132 valence electrons. The lowest BCUT2D eigenvalue weighted by Crippen LogP contribution is -2.53. The van der Waals surface area contributed by atoms with E-state index in [1.807, 2.05) is 0 Å². The van der Waals surface area contributed by atoms with Crippen molar-refractivity contribution >= 4 is 5.71 Å². The first-order valence-electron chi connectivity index (χ1n) is 9.81. The van der Waals surface area contributed by atoms with Gasteiger partial charge >= 0.3 is 0 Å². The lowest BCUT2D eigenvalue weighted by atomic mass is 9.49. The fraction of sp³-hybridized carbons (Fsp3) is 0.857. The maximum absolute atomic E-state index is 11.0. The minimum Gasteiger partial charge on any atom is -0.399 e. The number of terminal acetylenes is 1. The lowest BCUT2D eigenvalue weighted by molar-refractivity contribution is -0.101. The predicted octanol–water partition coefficient (Wildman–Crippen LogP) is 4.01. The Labute approximate surface area is 146 Å². The van der Waals surface area contributed by atoms with Crippen LogP contribution in [0.2, 0.25) is 0 Å². The fourth-order valence-corrected chi connectivity index (χ4v) is 7.14. The molecule has 0 amide bonds. The molecule has 0 aromatic heterocycles. The molecular weight excluding hydrogens is 298 g/mol. The molecule has 0 aromatic rings. The Hall–Kier alpha value is -1.01. The monoisotopic (exact) mass is 329 g/mol. The summed E-state index contributed by atoms with van der Waals surface area (Å²) in [6, 6.07) is 0. The molecule has 0 unspecified atom stereocenters. The number of aliphatic hydroxyl groups is 1. The smallest absolute Gasteiger partial charge is 0.130 e. The largest absolute Gasteiger partial charge is 0.399 e.